The summed E-state index contributed by atoms with van der Waals surface area (Å²) in [6.45, 7) is 2.46. The predicted molar refractivity (Wildman–Crippen MR) is 82.8 cm³/mol. The first kappa shape index (κ1) is 15.9. The van der Waals surface area contributed by atoms with Gasteiger partial charge < -0.3 is 4.90 Å². The Bertz CT molecular complexity index is 609. The highest BCUT2D eigenvalue weighted by atomic mass is 19.3. The summed E-state index contributed by atoms with van der Waals surface area (Å²) in [5.74, 6) is -2.16. The van der Waals surface area contributed by atoms with Crippen molar-refractivity contribution in [3.63, 3.8) is 0 Å². The summed E-state index contributed by atoms with van der Waals surface area (Å²) < 4.78 is 29.2. The van der Waals surface area contributed by atoms with Crippen molar-refractivity contribution in [2.75, 3.05) is 26.2 Å². The summed E-state index contributed by atoms with van der Waals surface area (Å²) in [5.41, 5.74) is 0.315. The van der Waals surface area contributed by atoms with E-state index in [1.165, 1.54) is 0 Å². The highest BCUT2D eigenvalue weighted by molar-refractivity contribution is 5.92. The lowest BCUT2D eigenvalue weighted by Crippen LogP contribution is -2.35. The molecule has 1 amide bonds. The molecule has 4 rings (SSSR count). The molecule has 8 heteroatoms. The third kappa shape index (κ3) is 3.43. The van der Waals surface area contributed by atoms with Crippen molar-refractivity contribution in [1.82, 2.24) is 24.8 Å². The van der Waals surface area contributed by atoms with E-state index in [-0.39, 0.29) is 24.9 Å². The van der Waals surface area contributed by atoms with Crippen LogP contribution < -0.4 is 0 Å². The van der Waals surface area contributed by atoms with Crippen LogP contribution in [0.25, 0.3) is 0 Å². The number of carbonyl (C=O) groups is 1. The molecule has 0 unspecified atom stereocenters. The smallest absolute Gasteiger partial charge is 0.276 e. The molecule has 0 spiro atoms. The Kier molecular flexibility index (Phi) is 4.02. The number of hydrogen-bond donors (Lipinski definition) is 0. The van der Waals surface area contributed by atoms with Crippen molar-refractivity contribution >= 4 is 5.91 Å². The maximum Gasteiger partial charge on any atom is 0.276 e. The Morgan fingerprint density at radius 2 is 2.00 bits per heavy atom. The fourth-order valence-electron chi connectivity index (χ4n) is 3.77. The van der Waals surface area contributed by atoms with E-state index in [1.54, 1.807) is 15.8 Å². The first-order chi connectivity index (χ1) is 11.5. The summed E-state index contributed by atoms with van der Waals surface area (Å²) in [6, 6.07) is -0.239. The molecule has 3 aliphatic rings. The number of amides is 1. The van der Waals surface area contributed by atoms with Crippen LogP contribution in [0, 0.1) is 5.92 Å². The third-order valence-electron chi connectivity index (χ3n) is 5.22. The van der Waals surface area contributed by atoms with Crippen molar-refractivity contribution in [3.8, 4) is 0 Å². The predicted octanol–water partition coefficient (Wildman–Crippen LogP) is 1.63. The van der Waals surface area contributed by atoms with Gasteiger partial charge in [-0.25, -0.2) is 8.78 Å². The zero-order valence-electron chi connectivity index (χ0n) is 13.7. The Morgan fingerprint density at radius 3 is 2.71 bits per heavy atom. The number of alkyl halides is 2. The van der Waals surface area contributed by atoms with Crippen LogP contribution in [-0.2, 0) is 6.54 Å². The summed E-state index contributed by atoms with van der Waals surface area (Å²) in [5, 5.41) is 7.95. The van der Waals surface area contributed by atoms with Gasteiger partial charge in [0, 0.05) is 32.1 Å². The highest BCUT2D eigenvalue weighted by Gasteiger charge is 2.46. The lowest BCUT2D eigenvalue weighted by molar-refractivity contribution is 0.0116. The van der Waals surface area contributed by atoms with Crippen LogP contribution in [0.4, 0.5) is 8.78 Å². The third-order valence-corrected chi connectivity index (χ3v) is 5.22. The largest absolute Gasteiger partial charge is 0.337 e. The van der Waals surface area contributed by atoms with Crippen molar-refractivity contribution in [1.29, 1.82) is 0 Å². The highest BCUT2D eigenvalue weighted by Crippen LogP contribution is 2.37. The first-order valence-electron chi connectivity index (χ1n) is 8.81. The Labute approximate surface area is 139 Å². The molecule has 0 radical (unpaired) electrons. The number of carbonyl (C=O) groups excluding carboxylic acids is 1. The Hall–Kier alpha value is -1.57. The number of rotatable bonds is 5. The molecule has 1 aromatic rings. The second-order valence-electron chi connectivity index (χ2n) is 7.41. The Balaban J connectivity index is 1.41. The van der Waals surface area contributed by atoms with Crippen LogP contribution in [0.15, 0.2) is 6.20 Å². The fraction of sp³-hybridized carbons (Fsp3) is 0.812. The van der Waals surface area contributed by atoms with Crippen molar-refractivity contribution < 1.29 is 13.6 Å². The fourth-order valence-corrected chi connectivity index (χ4v) is 3.77. The van der Waals surface area contributed by atoms with Crippen LogP contribution in [0.5, 0.6) is 0 Å². The quantitative estimate of drug-likeness (QED) is 0.818. The van der Waals surface area contributed by atoms with Gasteiger partial charge >= 0.3 is 0 Å². The molecule has 2 aliphatic heterocycles. The van der Waals surface area contributed by atoms with E-state index in [2.05, 4.69) is 10.3 Å². The molecule has 1 aliphatic carbocycles. The molecule has 3 heterocycles. The normalized spacial score (nSPS) is 27.1. The number of hydrogen-bond acceptors (Lipinski definition) is 4. The molecule has 0 aromatic carbocycles. The maximum atomic E-state index is 13.8. The second kappa shape index (κ2) is 6.06. The lowest BCUT2D eigenvalue weighted by atomic mass is 10.2. The van der Waals surface area contributed by atoms with E-state index >= 15 is 0 Å². The summed E-state index contributed by atoms with van der Waals surface area (Å²) in [4.78, 5) is 16.0. The van der Waals surface area contributed by atoms with Crippen molar-refractivity contribution in [2.24, 2.45) is 5.92 Å². The molecule has 0 N–H and O–H groups in total. The average molecular weight is 339 g/mol. The van der Waals surface area contributed by atoms with Gasteiger partial charge in [-0.2, -0.15) is 0 Å². The molecule has 1 atom stereocenters. The molecule has 2 saturated heterocycles. The molecule has 0 bridgehead atoms. The number of likely N-dealkylation sites (tertiary alicyclic amines) is 2. The number of halogens is 2. The molecular formula is C16H23F2N5O. The summed E-state index contributed by atoms with van der Waals surface area (Å²) in [7, 11) is 0. The molecule has 1 aromatic heterocycles. The summed E-state index contributed by atoms with van der Waals surface area (Å²) in [6.07, 6.45) is 5.79. The van der Waals surface area contributed by atoms with Crippen LogP contribution in [0.3, 0.4) is 0 Å². The van der Waals surface area contributed by atoms with E-state index in [1.807, 2.05) is 4.90 Å². The lowest BCUT2D eigenvalue weighted by Gasteiger charge is -2.23. The van der Waals surface area contributed by atoms with Gasteiger partial charge in [0.1, 0.15) is 0 Å². The maximum absolute atomic E-state index is 13.8. The standard InChI is InChI=1S/C16H23F2N5O/c17-16(18)7-13(22(11-16)8-12-3-4-12)9-23-10-14(19-20-23)15(24)21-5-1-2-6-21/h10,12-13H,1-9,11H2/t13-/m0/s1. The number of nitrogens with zero attached hydrogens (tertiary/aromatic N) is 5. The monoisotopic (exact) mass is 339 g/mol. The van der Waals surface area contributed by atoms with E-state index in [0.29, 0.717) is 18.2 Å². The SMILES string of the molecule is O=C(c1cn(C[C@@H]2CC(F)(F)CN2CC2CC2)nn1)N1CCCC1. The van der Waals surface area contributed by atoms with Gasteiger partial charge in [-0.3, -0.25) is 14.4 Å². The minimum atomic E-state index is -2.63. The van der Waals surface area contributed by atoms with Crippen molar-refractivity contribution in [3.05, 3.63) is 11.9 Å². The van der Waals surface area contributed by atoms with Gasteiger partial charge in [0.15, 0.2) is 5.69 Å². The molecule has 3 fully saturated rings. The molecule has 132 valence electrons. The van der Waals surface area contributed by atoms with E-state index in [4.69, 9.17) is 0 Å². The minimum Gasteiger partial charge on any atom is -0.337 e. The van der Waals surface area contributed by atoms with Crippen LogP contribution in [-0.4, -0.2) is 68.8 Å². The van der Waals surface area contributed by atoms with E-state index in [9.17, 15) is 13.6 Å². The Morgan fingerprint density at radius 1 is 1.25 bits per heavy atom. The van der Waals surface area contributed by atoms with Gasteiger partial charge in [0.05, 0.1) is 19.3 Å². The molecule has 1 saturated carbocycles. The van der Waals surface area contributed by atoms with Crippen LogP contribution >= 0.6 is 0 Å². The van der Waals surface area contributed by atoms with Gasteiger partial charge in [-0.1, -0.05) is 5.21 Å². The van der Waals surface area contributed by atoms with Crippen LogP contribution in [0.1, 0.15) is 42.6 Å². The molecule has 24 heavy (non-hydrogen) atoms. The van der Waals surface area contributed by atoms with Gasteiger partial charge in [0.2, 0.25) is 0 Å². The topological polar surface area (TPSA) is 54.3 Å². The molecule has 6 nitrogen and oxygen atoms in total. The zero-order valence-corrected chi connectivity index (χ0v) is 13.7. The average Bonchev–Trinajstić information content (AvgIpc) is 2.93. The van der Waals surface area contributed by atoms with Gasteiger partial charge in [-0.05, 0) is 31.6 Å². The zero-order chi connectivity index (χ0) is 16.7. The van der Waals surface area contributed by atoms with E-state index < -0.39 is 5.92 Å². The second-order valence-corrected chi connectivity index (χ2v) is 7.41. The van der Waals surface area contributed by atoms with Crippen LogP contribution in [0.2, 0.25) is 0 Å². The van der Waals surface area contributed by atoms with E-state index in [0.717, 1.165) is 45.3 Å². The minimum absolute atomic E-state index is 0.106. The van der Waals surface area contributed by atoms with Gasteiger partial charge in [-0.15, -0.1) is 5.10 Å². The molecular weight excluding hydrogens is 316 g/mol. The van der Waals surface area contributed by atoms with Crippen molar-refractivity contribution in [2.45, 2.75) is 50.6 Å². The van der Waals surface area contributed by atoms with Gasteiger partial charge in [0.25, 0.3) is 11.8 Å². The first-order valence-corrected chi connectivity index (χ1v) is 8.81. The number of aromatic nitrogens is 3. The summed E-state index contributed by atoms with van der Waals surface area (Å²) >= 11 is 0.